The van der Waals surface area contributed by atoms with Crippen molar-refractivity contribution >= 4 is 5.78 Å². The molecular weight excluding hydrogens is 188 g/mol. The third kappa shape index (κ3) is 4.45. The van der Waals surface area contributed by atoms with Crippen LogP contribution < -0.4 is 0 Å². The van der Waals surface area contributed by atoms with Gasteiger partial charge in [-0.25, -0.2) is 0 Å². The molecule has 0 aliphatic heterocycles. The fraction of sp³-hybridized carbons (Fsp3) is 0.308. The van der Waals surface area contributed by atoms with Crippen molar-refractivity contribution in [3.63, 3.8) is 0 Å². The molecule has 0 aliphatic rings. The van der Waals surface area contributed by atoms with Gasteiger partial charge in [-0.2, -0.15) is 0 Å². The van der Waals surface area contributed by atoms with Crippen LogP contribution in [0.1, 0.15) is 30.1 Å². The molecule has 0 unspecified atom stereocenters. The molecule has 1 rings (SSSR count). The number of ether oxygens (including phenoxy) is 1. The summed E-state index contributed by atoms with van der Waals surface area (Å²) in [6.45, 7) is 2.78. The minimum absolute atomic E-state index is 0.0212. The fourth-order valence-electron chi connectivity index (χ4n) is 1.10. The topological polar surface area (TPSA) is 26.3 Å². The van der Waals surface area contributed by atoms with Gasteiger partial charge in [0.15, 0.2) is 5.78 Å². The Morgan fingerprint density at radius 1 is 1.33 bits per heavy atom. The van der Waals surface area contributed by atoms with Gasteiger partial charge in [-0.1, -0.05) is 43.7 Å². The summed E-state index contributed by atoms with van der Waals surface area (Å²) in [5, 5.41) is 0. The molecular formula is C13H16O2. The summed E-state index contributed by atoms with van der Waals surface area (Å²) in [5.74, 6) is -0.0212. The van der Waals surface area contributed by atoms with Crippen LogP contribution in [0.15, 0.2) is 42.7 Å². The molecule has 0 saturated carbocycles. The van der Waals surface area contributed by atoms with Crippen LogP contribution in [0.3, 0.4) is 0 Å². The Labute approximate surface area is 90.6 Å². The maximum atomic E-state index is 11.5. The lowest BCUT2D eigenvalue weighted by Crippen LogP contribution is -1.94. The fourth-order valence-corrected chi connectivity index (χ4v) is 1.10. The predicted molar refractivity (Wildman–Crippen MR) is 60.8 cm³/mol. The Balaban J connectivity index is 2.36. The Morgan fingerprint density at radius 3 is 2.73 bits per heavy atom. The summed E-state index contributed by atoms with van der Waals surface area (Å²) >= 11 is 0. The van der Waals surface area contributed by atoms with Crippen molar-refractivity contribution in [1.82, 2.24) is 0 Å². The summed E-state index contributed by atoms with van der Waals surface area (Å²) in [6, 6.07) is 9.16. The highest BCUT2D eigenvalue weighted by Gasteiger charge is 1.98. The number of ketones is 1. The molecule has 0 bridgehead atoms. The lowest BCUT2D eigenvalue weighted by atomic mass is 10.1. The molecule has 0 atom stereocenters. The highest BCUT2D eigenvalue weighted by Crippen LogP contribution is 2.00. The highest BCUT2D eigenvalue weighted by molar-refractivity contribution is 6.04. The molecule has 0 spiro atoms. The number of hydrogen-bond donors (Lipinski definition) is 0. The normalized spacial score (nSPS) is 10.5. The van der Waals surface area contributed by atoms with Crippen molar-refractivity contribution in [1.29, 1.82) is 0 Å². The van der Waals surface area contributed by atoms with Gasteiger partial charge in [0.1, 0.15) is 0 Å². The van der Waals surface area contributed by atoms with E-state index in [0.29, 0.717) is 12.2 Å². The Bertz CT molecular complexity index is 315. The Morgan fingerprint density at radius 2 is 2.07 bits per heavy atom. The molecule has 1 aromatic carbocycles. The molecule has 2 nitrogen and oxygen atoms in total. The maximum absolute atomic E-state index is 11.5. The molecule has 0 saturated heterocycles. The Hall–Kier alpha value is -1.57. The van der Waals surface area contributed by atoms with Crippen LogP contribution in [0.5, 0.6) is 0 Å². The zero-order chi connectivity index (χ0) is 10.9. The standard InChI is InChI=1S/C13H16O2/c1-2-3-10-15-11-9-13(14)12-7-5-4-6-8-12/h4-9,11H,2-3,10H2,1H3/b11-9+. The number of unbranched alkanes of at least 4 members (excludes halogenated alkanes) is 1. The SMILES string of the molecule is CCCCO/C=C/C(=O)c1ccccc1. The first-order chi connectivity index (χ1) is 7.34. The molecule has 0 aliphatic carbocycles. The molecule has 0 fully saturated rings. The van der Waals surface area contributed by atoms with Crippen molar-refractivity contribution in [2.24, 2.45) is 0 Å². The van der Waals surface area contributed by atoms with Gasteiger partial charge < -0.3 is 4.74 Å². The number of benzene rings is 1. The summed E-state index contributed by atoms with van der Waals surface area (Å²) in [6.07, 6.45) is 5.06. The first-order valence-electron chi connectivity index (χ1n) is 5.22. The molecule has 0 radical (unpaired) electrons. The maximum Gasteiger partial charge on any atom is 0.188 e. The summed E-state index contributed by atoms with van der Waals surface area (Å²) < 4.78 is 5.16. The largest absolute Gasteiger partial charge is 0.501 e. The van der Waals surface area contributed by atoms with Crippen LogP contribution in [-0.2, 0) is 4.74 Å². The molecule has 15 heavy (non-hydrogen) atoms. The van der Waals surface area contributed by atoms with Crippen LogP contribution in [0, 0.1) is 0 Å². The Kier molecular flexibility index (Phi) is 5.23. The van der Waals surface area contributed by atoms with Crippen molar-refractivity contribution in [3.8, 4) is 0 Å². The van der Waals surface area contributed by atoms with Crippen molar-refractivity contribution in [3.05, 3.63) is 48.2 Å². The number of carbonyl (C=O) groups is 1. The van der Waals surface area contributed by atoms with E-state index >= 15 is 0 Å². The van der Waals surface area contributed by atoms with E-state index < -0.39 is 0 Å². The first-order valence-corrected chi connectivity index (χ1v) is 5.22. The van der Waals surface area contributed by atoms with Gasteiger partial charge in [0.05, 0.1) is 12.9 Å². The van der Waals surface area contributed by atoms with Gasteiger partial charge in [0.25, 0.3) is 0 Å². The van der Waals surface area contributed by atoms with Gasteiger partial charge in [-0.3, -0.25) is 4.79 Å². The third-order valence-electron chi connectivity index (χ3n) is 1.99. The monoisotopic (exact) mass is 204 g/mol. The molecule has 80 valence electrons. The summed E-state index contributed by atoms with van der Waals surface area (Å²) in [7, 11) is 0. The zero-order valence-corrected chi connectivity index (χ0v) is 8.98. The zero-order valence-electron chi connectivity index (χ0n) is 8.98. The van der Waals surface area contributed by atoms with E-state index in [1.165, 1.54) is 12.3 Å². The van der Waals surface area contributed by atoms with Crippen LogP contribution in [0.4, 0.5) is 0 Å². The third-order valence-corrected chi connectivity index (χ3v) is 1.99. The molecule has 0 amide bonds. The molecule has 0 heterocycles. The molecule has 2 heteroatoms. The molecule has 1 aromatic rings. The van der Waals surface area contributed by atoms with E-state index in [2.05, 4.69) is 6.92 Å². The van der Waals surface area contributed by atoms with Crippen molar-refractivity contribution in [2.45, 2.75) is 19.8 Å². The van der Waals surface area contributed by atoms with Crippen molar-refractivity contribution < 1.29 is 9.53 Å². The summed E-state index contributed by atoms with van der Waals surface area (Å²) in [4.78, 5) is 11.5. The predicted octanol–water partition coefficient (Wildman–Crippen LogP) is 3.20. The van der Waals surface area contributed by atoms with E-state index in [1.54, 1.807) is 12.1 Å². The van der Waals surface area contributed by atoms with Crippen LogP contribution in [-0.4, -0.2) is 12.4 Å². The number of allylic oxidation sites excluding steroid dienone is 1. The minimum atomic E-state index is -0.0212. The lowest BCUT2D eigenvalue weighted by Gasteiger charge is -1.97. The van der Waals surface area contributed by atoms with E-state index in [-0.39, 0.29) is 5.78 Å². The van der Waals surface area contributed by atoms with Gasteiger partial charge >= 0.3 is 0 Å². The molecule has 0 aromatic heterocycles. The van der Waals surface area contributed by atoms with E-state index in [9.17, 15) is 4.79 Å². The average Bonchev–Trinajstić information content (AvgIpc) is 2.30. The second kappa shape index (κ2) is 6.82. The number of hydrogen-bond acceptors (Lipinski definition) is 2. The van der Waals surface area contributed by atoms with E-state index in [0.717, 1.165) is 12.8 Å². The van der Waals surface area contributed by atoms with Gasteiger partial charge in [-0.05, 0) is 6.42 Å². The van der Waals surface area contributed by atoms with Gasteiger partial charge in [-0.15, -0.1) is 0 Å². The second-order valence-corrected chi connectivity index (χ2v) is 3.26. The quantitative estimate of drug-likeness (QED) is 0.308. The molecule has 0 N–H and O–H groups in total. The smallest absolute Gasteiger partial charge is 0.188 e. The van der Waals surface area contributed by atoms with Crippen LogP contribution in [0.2, 0.25) is 0 Å². The van der Waals surface area contributed by atoms with E-state index in [1.807, 2.05) is 18.2 Å². The van der Waals surface area contributed by atoms with E-state index in [4.69, 9.17) is 4.74 Å². The average molecular weight is 204 g/mol. The van der Waals surface area contributed by atoms with Crippen LogP contribution in [0.25, 0.3) is 0 Å². The second-order valence-electron chi connectivity index (χ2n) is 3.26. The van der Waals surface area contributed by atoms with Gasteiger partial charge in [0, 0.05) is 11.6 Å². The summed E-state index contributed by atoms with van der Waals surface area (Å²) in [5.41, 5.74) is 0.688. The highest BCUT2D eigenvalue weighted by atomic mass is 16.5. The number of rotatable bonds is 6. The lowest BCUT2D eigenvalue weighted by molar-refractivity contribution is 0.104. The first kappa shape index (κ1) is 11.5. The minimum Gasteiger partial charge on any atom is -0.501 e. The van der Waals surface area contributed by atoms with Crippen molar-refractivity contribution in [2.75, 3.05) is 6.61 Å². The number of carbonyl (C=O) groups excluding carboxylic acids is 1. The van der Waals surface area contributed by atoms with Crippen LogP contribution >= 0.6 is 0 Å². The van der Waals surface area contributed by atoms with Gasteiger partial charge in [0.2, 0.25) is 0 Å².